The van der Waals surface area contributed by atoms with Crippen LogP contribution < -0.4 is 0 Å². The first-order chi connectivity index (χ1) is 6.35. The smallest absolute Gasteiger partial charge is 0.0295 e. The zero-order valence-electron chi connectivity index (χ0n) is 9.15. The fourth-order valence-electron chi connectivity index (χ4n) is 3.82. The third-order valence-electron chi connectivity index (χ3n) is 4.40. The van der Waals surface area contributed by atoms with Crippen LogP contribution >= 0.6 is 0 Å². The molecule has 0 aromatic heterocycles. The van der Waals surface area contributed by atoms with E-state index in [-0.39, 0.29) is 0 Å². The molecule has 0 amide bonds. The highest BCUT2D eigenvalue weighted by molar-refractivity contribution is 4.89. The number of rotatable bonds is 2. The van der Waals surface area contributed by atoms with Crippen LogP contribution in [0.1, 0.15) is 71.1 Å². The summed E-state index contributed by atoms with van der Waals surface area (Å²) in [6.45, 7) is 2.34. The van der Waals surface area contributed by atoms with Crippen molar-refractivity contribution >= 4 is 0 Å². The molecular weight excluding hydrogens is 156 g/mol. The van der Waals surface area contributed by atoms with Crippen molar-refractivity contribution in [1.29, 1.82) is 0 Å². The van der Waals surface area contributed by atoms with Gasteiger partial charge in [-0.2, -0.15) is 0 Å². The van der Waals surface area contributed by atoms with Crippen LogP contribution in [0.5, 0.6) is 0 Å². The average molecular weight is 180 g/mol. The Kier molecular flexibility index (Phi) is 2.96. The predicted octanol–water partition coefficient (Wildman–Crippen LogP) is 4.54. The Labute approximate surface area is 83.1 Å². The minimum Gasteiger partial charge on any atom is -0.0654 e. The first-order valence-electron chi connectivity index (χ1n) is 6.35. The maximum Gasteiger partial charge on any atom is -0.0295 e. The van der Waals surface area contributed by atoms with E-state index in [4.69, 9.17) is 0 Å². The molecule has 0 aromatic rings. The molecule has 1 unspecified atom stereocenters. The maximum absolute atomic E-state index is 2.34. The molecule has 0 heteroatoms. The van der Waals surface area contributed by atoms with Gasteiger partial charge in [-0.05, 0) is 37.0 Å². The second-order valence-corrected chi connectivity index (χ2v) is 5.46. The Morgan fingerprint density at radius 3 is 2.46 bits per heavy atom. The van der Waals surface area contributed by atoms with Gasteiger partial charge in [0.05, 0.1) is 0 Å². The summed E-state index contributed by atoms with van der Waals surface area (Å²) in [6, 6.07) is 0. The summed E-state index contributed by atoms with van der Waals surface area (Å²) in [5, 5.41) is 0. The van der Waals surface area contributed by atoms with Crippen LogP contribution in [-0.4, -0.2) is 0 Å². The van der Waals surface area contributed by atoms with Gasteiger partial charge in [0.2, 0.25) is 0 Å². The van der Waals surface area contributed by atoms with Crippen molar-refractivity contribution in [2.75, 3.05) is 0 Å². The Hall–Kier alpha value is 0. The first-order valence-corrected chi connectivity index (χ1v) is 6.35. The van der Waals surface area contributed by atoms with E-state index in [1.165, 1.54) is 38.5 Å². The van der Waals surface area contributed by atoms with E-state index in [2.05, 4.69) is 6.92 Å². The summed E-state index contributed by atoms with van der Waals surface area (Å²) in [7, 11) is 0. The molecule has 0 aliphatic heterocycles. The zero-order valence-corrected chi connectivity index (χ0v) is 9.15. The number of hydrogen-bond donors (Lipinski definition) is 0. The van der Waals surface area contributed by atoms with Crippen LogP contribution in [0.2, 0.25) is 0 Å². The van der Waals surface area contributed by atoms with Gasteiger partial charge in [0, 0.05) is 0 Å². The Balaban J connectivity index is 1.90. The van der Waals surface area contributed by atoms with Gasteiger partial charge in [-0.25, -0.2) is 0 Å². The van der Waals surface area contributed by atoms with Gasteiger partial charge >= 0.3 is 0 Å². The highest BCUT2D eigenvalue weighted by atomic mass is 14.4. The Morgan fingerprint density at radius 1 is 1.08 bits per heavy atom. The third-order valence-corrected chi connectivity index (χ3v) is 4.40. The van der Waals surface area contributed by atoms with Crippen LogP contribution in [0, 0.1) is 11.3 Å². The van der Waals surface area contributed by atoms with Gasteiger partial charge in [-0.1, -0.05) is 45.4 Å². The van der Waals surface area contributed by atoms with E-state index in [1.807, 2.05) is 0 Å². The molecule has 0 aromatic carbocycles. The van der Waals surface area contributed by atoms with Crippen molar-refractivity contribution < 1.29 is 0 Å². The molecule has 1 atom stereocenters. The maximum atomic E-state index is 2.34. The first kappa shape index (κ1) is 9.55. The molecule has 1 spiro atoms. The normalized spacial score (nSPS) is 32.5. The molecule has 2 rings (SSSR count). The molecule has 2 aliphatic rings. The predicted molar refractivity (Wildman–Crippen MR) is 57.8 cm³/mol. The van der Waals surface area contributed by atoms with E-state index in [0.29, 0.717) is 0 Å². The van der Waals surface area contributed by atoms with Crippen molar-refractivity contribution in [3.8, 4) is 0 Å². The average Bonchev–Trinajstić information content (AvgIpc) is 2.54. The molecular formula is C13H24. The highest BCUT2D eigenvalue weighted by Gasteiger charge is 2.37. The summed E-state index contributed by atoms with van der Waals surface area (Å²) in [6.07, 6.45) is 15.3. The standard InChI is InChI=1S/C13H24/c1-2-6-12-7-5-10-13(11-12)8-3-4-9-13/h12H,2-11H2,1H3. The lowest BCUT2D eigenvalue weighted by Crippen LogP contribution is -2.25. The number of hydrogen-bond acceptors (Lipinski definition) is 0. The molecule has 0 bridgehead atoms. The molecule has 2 fully saturated rings. The molecule has 0 N–H and O–H groups in total. The van der Waals surface area contributed by atoms with Crippen LogP contribution in [0.4, 0.5) is 0 Å². The van der Waals surface area contributed by atoms with E-state index >= 15 is 0 Å². The summed E-state index contributed by atoms with van der Waals surface area (Å²) < 4.78 is 0. The lowest BCUT2D eigenvalue weighted by molar-refractivity contribution is 0.138. The molecule has 0 saturated heterocycles. The van der Waals surface area contributed by atoms with Crippen molar-refractivity contribution in [2.24, 2.45) is 11.3 Å². The van der Waals surface area contributed by atoms with E-state index < -0.39 is 0 Å². The van der Waals surface area contributed by atoms with E-state index in [0.717, 1.165) is 11.3 Å². The van der Waals surface area contributed by atoms with Gasteiger partial charge < -0.3 is 0 Å². The van der Waals surface area contributed by atoms with Gasteiger partial charge in [0.15, 0.2) is 0 Å². The van der Waals surface area contributed by atoms with Crippen molar-refractivity contribution in [3.63, 3.8) is 0 Å². The summed E-state index contributed by atoms with van der Waals surface area (Å²) in [5.74, 6) is 1.09. The molecule has 0 radical (unpaired) electrons. The van der Waals surface area contributed by atoms with Crippen LogP contribution in [0.3, 0.4) is 0 Å². The second-order valence-electron chi connectivity index (χ2n) is 5.46. The molecule has 0 heterocycles. The molecule has 2 aliphatic carbocycles. The quantitative estimate of drug-likeness (QED) is 0.585. The fourth-order valence-corrected chi connectivity index (χ4v) is 3.82. The van der Waals surface area contributed by atoms with E-state index in [9.17, 15) is 0 Å². The largest absolute Gasteiger partial charge is 0.0654 e. The zero-order chi connectivity index (χ0) is 9.15. The van der Waals surface area contributed by atoms with Crippen molar-refractivity contribution in [2.45, 2.75) is 71.1 Å². The van der Waals surface area contributed by atoms with Crippen LogP contribution in [-0.2, 0) is 0 Å². The minimum atomic E-state index is 0.845. The van der Waals surface area contributed by atoms with Crippen molar-refractivity contribution in [1.82, 2.24) is 0 Å². The van der Waals surface area contributed by atoms with Crippen molar-refractivity contribution in [3.05, 3.63) is 0 Å². The summed E-state index contributed by atoms with van der Waals surface area (Å²) >= 11 is 0. The van der Waals surface area contributed by atoms with Gasteiger partial charge in [-0.3, -0.25) is 0 Å². The van der Waals surface area contributed by atoms with Crippen LogP contribution in [0.25, 0.3) is 0 Å². The Bertz CT molecular complexity index is 151. The lowest BCUT2D eigenvalue weighted by Gasteiger charge is -2.38. The summed E-state index contributed by atoms with van der Waals surface area (Å²) in [4.78, 5) is 0. The van der Waals surface area contributed by atoms with Gasteiger partial charge in [-0.15, -0.1) is 0 Å². The lowest BCUT2D eigenvalue weighted by atomic mass is 9.68. The summed E-state index contributed by atoms with van der Waals surface area (Å²) in [5.41, 5.74) is 0.845. The third kappa shape index (κ3) is 2.08. The van der Waals surface area contributed by atoms with E-state index in [1.54, 1.807) is 25.7 Å². The molecule has 0 nitrogen and oxygen atoms in total. The Morgan fingerprint density at radius 2 is 1.77 bits per heavy atom. The monoisotopic (exact) mass is 180 g/mol. The molecule has 2 saturated carbocycles. The topological polar surface area (TPSA) is 0 Å². The highest BCUT2D eigenvalue weighted by Crippen LogP contribution is 2.51. The molecule has 76 valence electrons. The van der Waals surface area contributed by atoms with Gasteiger partial charge in [0.1, 0.15) is 0 Å². The minimum absolute atomic E-state index is 0.845. The fraction of sp³-hybridized carbons (Fsp3) is 1.00. The SMILES string of the molecule is CCCC1CCCC2(CCCC2)C1. The molecule has 13 heavy (non-hydrogen) atoms. The van der Waals surface area contributed by atoms with Crippen LogP contribution in [0.15, 0.2) is 0 Å². The second kappa shape index (κ2) is 4.02. The van der Waals surface area contributed by atoms with Gasteiger partial charge in [0.25, 0.3) is 0 Å².